The van der Waals surface area contributed by atoms with Gasteiger partial charge in [-0.05, 0) is 60.2 Å². The van der Waals surface area contributed by atoms with Gasteiger partial charge in [0, 0.05) is 3.57 Å². The lowest BCUT2D eigenvalue weighted by molar-refractivity contribution is 0.0187. The van der Waals surface area contributed by atoms with Crippen LogP contribution in [0.1, 0.15) is 23.7 Å². The summed E-state index contributed by atoms with van der Waals surface area (Å²) in [6, 6.07) is 4.96. The summed E-state index contributed by atoms with van der Waals surface area (Å²) in [5.41, 5.74) is 0.923. The maximum atomic E-state index is 14.4. The number of nitrogens with one attached hydrogen (secondary N) is 2. The summed E-state index contributed by atoms with van der Waals surface area (Å²) < 4.78 is 42.9. The molecule has 0 heterocycles. The molecule has 0 saturated heterocycles. The number of aliphatic hydroxyl groups excluding tert-OH is 1. The predicted molar refractivity (Wildman–Crippen MR) is 103 cm³/mol. The second-order valence-electron chi connectivity index (χ2n) is 5.58. The smallest absolute Gasteiger partial charge is 0.277 e. The van der Waals surface area contributed by atoms with Crippen molar-refractivity contribution in [3.63, 3.8) is 0 Å². The molecule has 0 saturated carbocycles. The Kier molecular flexibility index (Phi) is 7.71. The average Bonchev–Trinajstić information content (AvgIpc) is 2.60. The van der Waals surface area contributed by atoms with Gasteiger partial charge in [0.1, 0.15) is 5.82 Å². The average molecular weight is 515 g/mol. The van der Waals surface area contributed by atoms with E-state index in [2.05, 4.69) is 5.32 Å². The molecule has 3 N–H and O–H groups in total. The van der Waals surface area contributed by atoms with Crippen LogP contribution in [0.25, 0.3) is 0 Å². The minimum atomic E-state index is -1.44. The van der Waals surface area contributed by atoms with Crippen LogP contribution in [0, 0.1) is 21.0 Å². The first-order chi connectivity index (χ1) is 12.7. The lowest BCUT2D eigenvalue weighted by Crippen LogP contribution is -2.26. The molecule has 27 heavy (non-hydrogen) atoms. The third-order valence-electron chi connectivity index (χ3n) is 3.40. The van der Waals surface area contributed by atoms with Gasteiger partial charge in [0.05, 0.1) is 34.7 Å². The minimum absolute atomic E-state index is 0.00464. The highest BCUT2D eigenvalue weighted by molar-refractivity contribution is 14.1. The van der Waals surface area contributed by atoms with Crippen LogP contribution in [-0.2, 0) is 4.84 Å². The molecule has 0 aliphatic heterocycles. The summed E-state index contributed by atoms with van der Waals surface area (Å²) >= 11 is 7.51. The first kappa shape index (κ1) is 21.7. The van der Waals surface area contributed by atoms with Gasteiger partial charge in [0.25, 0.3) is 5.91 Å². The van der Waals surface area contributed by atoms with E-state index in [-0.39, 0.29) is 24.3 Å². The van der Waals surface area contributed by atoms with E-state index in [0.29, 0.717) is 3.57 Å². The van der Waals surface area contributed by atoms with E-state index < -0.39 is 40.2 Å². The van der Waals surface area contributed by atoms with Gasteiger partial charge in [-0.3, -0.25) is 9.63 Å². The molecule has 0 spiro atoms. The van der Waals surface area contributed by atoms with E-state index in [9.17, 15) is 18.0 Å². The summed E-state index contributed by atoms with van der Waals surface area (Å²) in [7, 11) is 0. The second-order valence-corrected chi connectivity index (χ2v) is 7.23. The van der Waals surface area contributed by atoms with Crippen molar-refractivity contribution >= 4 is 51.5 Å². The van der Waals surface area contributed by atoms with Crippen molar-refractivity contribution in [2.24, 2.45) is 0 Å². The van der Waals surface area contributed by atoms with Crippen LogP contribution < -0.4 is 10.8 Å². The van der Waals surface area contributed by atoms with Crippen LogP contribution in [0.3, 0.4) is 0 Å². The van der Waals surface area contributed by atoms with Crippen molar-refractivity contribution in [2.45, 2.75) is 19.4 Å². The predicted octanol–water partition coefficient (Wildman–Crippen LogP) is 4.54. The normalized spacial score (nSPS) is 12.0. The molecule has 0 fully saturated rings. The van der Waals surface area contributed by atoms with Gasteiger partial charge in [-0.15, -0.1) is 0 Å². The van der Waals surface area contributed by atoms with Crippen LogP contribution in [0.15, 0.2) is 24.3 Å². The molecule has 2 aromatic rings. The number of hydrogen-bond donors (Lipinski definition) is 3. The number of aliphatic hydroxyl groups is 1. The number of carbonyl (C=O) groups excluding carboxylic acids is 1. The molecule has 1 unspecified atom stereocenters. The molecule has 0 bridgehead atoms. The molecule has 2 aromatic carbocycles. The van der Waals surface area contributed by atoms with Crippen LogP contribution >= 0.6 is 34.2 Å². The number of halogens is 5. The zero-order chi connectivity index (χ0) is 20.1. The Hall–Kier alpha value is -1.56. The van der Waals surface area contributed by atoms with Crippen LogP contribution in [0.2, 0.25) is 5.02 Å². The van der Waals surface area contributed by atoms with E-state index in [1.165, 1.54) is 19.1 Å². The Bertz CT molecular complexity index is 853. The molecule has 1 atom stereocenters. The van der Waals surface area contributed by atoms with Crippen LogP contribution in [0.5, 0.6) is 0 Å². The molecule has 10 heteroatoms. The zero-order valence-electron chi connectivity index (χ0n) is 14.0. The number of amides is 1. The minimum Gasteiger partial charge on any atom is -0.393 e. The van der Waals surface area contributed by atoms with E-state index in [0.717, 1.165) is 6.07 Å². The molecular weight excluding hydrogens is 500 g/mol. The van der Waals surface area contributed by atoms with Gasteiger partial charge in [-0.25, -0.2) is 18.7 Å². The summed E-state index contributed by atoms with van der Waals surface area (Å²) in [5.74, 6) is -4.45. The maximum Gasteiger partial charge on any atom is 0.277 e. The summed E-state index contributed by atoms with van der Waals surface area (Å²) in [6.07, 6.45) is -0.390. The first-order valence-electron chi connectivity index (χ1n) is 7.70. The number of hydrogen-bond acceptors (Lipinski definition) is 4. The SMILES string of the molecule is CC(O)CCONC(=O)c1cc(Cl)c(F)c(F)c1Nc1ccc(I)cc1F. The van der Waals surface area contributed by atoms with Gasteiger partial charge in [0.15, 0.2) is 11.6 Å². The van der Waals surface area contributed by atoms with Crippen LogP contribution in [-0.4, -0.2) is 23.7 Å². The highest BCUT2D eigenvalue weighted by atomic mass is 127. The van der Waals surface area contributed by atoms with Crippen molar-refractivity contribution in [1.82, 2.24) is 5.48 Å². The molecule has 1 amide bonds. The Morgan fingerprint density at radius 2 is 2.00 bits per heavy atom. The number of hydroxylamine groups is 1. The number of carbonyl (C=O) groups is 1. The zero-order valence-corrected chi connectivity index (χ0v) is 16.9. The van der Waals surface area contributed by atoms with E-state index in [1.54, 1.807) is 6.07 Å². The third-order valence-corrected chi connectivity index (χ3v) is 4.35. The summed E-state index contributed by atoms with van der Waals surface area (Å²) in [5, 5.41) is 10.9. The molecule has 0 radical (unpaired) electrons. The van der Waals surface area contributed by atoms with E-state index in [4.69, 9.17) is 21.5 Å². The second kappa shape index (κ2) is 9.58. The first-order valence-corrected chi connectivity index (χ1v) is 9.16. The number of benzene rings is 2. The molecule has 0 aliphatic carbocycles. The standard InChI is InChI=1S/C17H15ClF3IN2O3/c1-8(25)4-5-27-24-17(26)10-7-11(18)14(20)15(21)16(10)23-13-3-2-9(22)6-12(13)19/h2-3,6-8,23,25H,4-5H2,1H3,(H,24,26). The fourth-order valence-electron chi connectivity index (χ4n) is 2.02. The van der Waals surface area contributed by atoms with E-state index in [1.807, 2.05) is 28.1 Å². The van der Waals surface area contributed by atoms with Crippen LogP contribution in [0.4, 0.5) is 24.5 Å². The monoisotopic (exact) mass is 514 g/mol. The molecule has 2 rings (SSSR count). The molecule has 0 aliphatic rings. The topological polar surface area (TPSA) is 70.6 Å². The van der Waals surface area contributed by atoms with Gasteiger partial charge in [-0.1, -0.05) is 11.6 Å². The molecule has 5 nitrogen and oxygen atoms in total. The Balaban J connectivity index is 2.32. The van der Waals surface area contributed by atoms with Crippen molar-refractivity contribution < 1.29 is 27.9 Å². The van der Waals surface area contributed by atoms with Crippen molar-refractivity contribution in [2.75, 3.05) is 11.9 Å². The van der Waals surface area contributed by atoms with Gasteiger partial charge >= 0.3 is 0 Å². The lowest BCUT2D eigenvalue weighted by atomic mass is 10.1. The van der Waals surface area contributed by atoms with Gasteiger partial charge in [-0.2, -0.15) is 0 Å². The molecule has 146 valence electrons. The molecule has 0 aromatic heterocycles. The highest BCUT2D eigenvalue weighted by Crippen LogP contribution is 2.32. The van der Waals surface area contributed by atoms with Crippen molar-refractivity contribution in [3.05, 3.63) is 55.9 Å². The fourth-order valence-corrected chi connectivity index (χ4v) is 2.67. The number of anilines is 2. The van der Waals surface area contributed by atoms with Gasteiger partial charge in [0.2, 0.25) is 0 Å². The number of rotatable bonds is 7. The molecular formula is C17H15ClF3IN2O3. The van der Waals surface area contributed by atoms with E-state index >= 15 is 0 Å². The highest BCUT2D eigenvalue weighted by Gasteiger charge is 2.23. The lowest BCUT2D eigenvalue weighted by Gasteiger charge is -2.15. The summed E-state index contributed by atoms with van der Waals surface area (Å²) in [4.78, 5) is 17.2. The third kappa shape index (κ3) is 5.71. The Morgan fingerprint density at radius 3 is 2.63 bits per heavy atom. The fraction of sp³-hybridized carbons (Fsp3) is 0.235. The maximum absolute atomic E-state index is 14.4. The quantitative estimate of drug-likeness (QED) is 0.220. The Morgan fingerprint density at radius 1 is 1.30 bits per heavy atom. The largest absolute Gasteiger partial charge is 0.393 e. The summed E-state index contributed by atoms with van der Waals surface area (Å²) in [6.45, 7) is 1.53. The Labute approximate surface area is 171 Å². The van der Waals surface area contributed by atoms with Crippen molar-refractivity contribution in [3.8, 4) is 0 Å². The van der Waals surface area contributed by atoms with Crippen molar-refractivity contribution in [1.29, 1.82) is 0 Å². The van der Waals surface area contributed by atoms with Gasteiger partial charge < -0.3 is 10.4 Å².